The number of halogens is 2. The lowest BCUT2D eigenvalue weighted by atomic mass is 10.1. The minimum absolute atomic E-state index is 0.0717. The van der Waals surface area contributed by atoms with Crippen LogP contribution in [-0.2, 0) is 0 Å². The number of amides is 1. The summed E-state index contributed by atoms with van der Waals surface area (Å²) < 4.78 is 35.2. The molecule has 0 saturated heterocycles. The Bertz CT molecular complexity index is 1460. The molecule has 1 aromatic carbocycles. The molecule has 5 rings (SSSR count). The predicted molar refractivity (Wildman–Crippen MR) is 109 cm³/mol. The quantitative estimate of drug-likeness (QED) is 0.461. The van der Waals surface area contributed by atoms with Gasteiger partial charge in [-0.1, -0.05) is 6.07 Å². The number of carbonyl (C=O) groups excluding carboxylic acids is 1. The van der Waals surface area contributed by atoms with E-state index in [0.717, 1.165) is 6.07 Å². The average molecular weight is 420 g/mol. The largest absolute Gasteiger partial charge is 0.497 e. The first-order valence-electron chi connectivity index (χ1n) is 9.17. The van der Waals surface area contributed by atoms with Crippen molar-refractivity contribution in [2.24, 2.45) is 0 Å². The van der Waals surface area contributed by atoms with Gasteiger partial charge in [-0.15, -0.1) is 0 Å². The molecule has 31 heavy (non-hydrogen) atoms. The highest BCUT2D eigenvalue weighted by Gasteiger charge is 2.19. The van der Waals surface area contributed by atoms with Gasteiger partial charge in [0, 0.05) is 23.4 Å². The fourth-order valence-corrected chi connectivity index (χ4v) is 3.29. The van der Waals surface area contributed by atoms with E-state index in [1.54, 1.807) is 22.8 Å². The number of hydrogen-bond acceptors (Lipinski definition) is 5. The van der Waals surface area contributed by atoms with Crippen molar-refractivity contribution in [1.29, 1.82) is 0 Å². The molecule has 0 fully saturated rings. The number of rotatable bonds is 4. The lowest BCUT2D eigenvalue weighted by Gasteiger charge is -2.05. The van der Waals surface area contributed by atoms with Crippen LogP contribution in [0.2, 0.25) is 0 Å². The van der Waals surface area contributed by atoms with Crippen LogP contribution >= 0.6 is 0 Å². The molecular formula is C21H14F2N6O2. The molecule has 154 valence electrons. The van der Waals surface area contributed by atoms with Crippen LogP contribution in [-0.4, -0.2) is 37.8 Å². The van der Waals surface area contributed by atoms with Crippen molar-refractivity contribution in [2.75, 3.05) is 12.4 Å². The zero-order chi connectivity index (χ0) is 21.5. The van der Waals surface area contributed by atoms with Crippen LogP contribution in [0.5, 0.6) is 5.75 Å². The van der Waals surface area contributed by atoms with Crippen LogP contribution in [0.3, 0.4) is 0 Å². The van der Waals surface area contributed by atoms with Gasteiger partial charge in [-0.2, -0.15) is 10.2 Å². The molecule has 10 heteroatoms. The normalized spacial score (nSPS) is 11.2. The number of fused-ring (bicyclic) bond motifs is 2. The molecule has 4 heterocycles. The second kappa shape index (κ2) is 7.17. The number of H-pyrrole nitrogens is 1. The van der Waals surface area contributed by atoms with Crippen molar-refractivity contribution in [1.82, 2.24) is 24.8 Å². The summed E-state index contributed by atoms with van der Waals surface area (Å²) in [6, 6.07) is 9.91. The summed E-state index contributed by atoms with van der Waals surface area (Å²) in [6.07, 6.45) is 3.21. The molecule has 0 aliphatic carbocycles. The number of nitrogens with zero attached hydrogens (tertiary/aromatic N) is 4. The molecule has 5 aromatic rings. The van der Waals surface area contributed by atoms with E-state index >= 15 is 4.39 Å². The Labute approximate surface area is 173 Å². The first-order valence-corrected chi connectivity index (χ1v) is 9.17. The molecule has 0 spiro atoms. The van der Waals surface area contributed by atoms with Crippen LogP contribution in [0.15, 0.2) is 54.9 Å². The summed E-state index contributed by atoms with van der Waals surface area (Å²) in [6.45, 7) is 0. The van der Waals surface area contributed by atoms with E-state index in [4.69, 9.17) is 4.74 Å². The molecule has 0 aliphatic rings. The topological polar surface area (TPSA) is 97.2 Å². The number of benzene rings is 1. The predicted octanol–water partition coefficient (Wildman–Crippen LogP) is 3.81. The summed E-state index contributed by atoms with van der Waals surface area (Å²) in [4.78, 5) is 16.7. The first kappa shape index (κ1) is 18.7. The summed E-state index contributed by atoms with van der Waals surface area (Å²) in [5.41, 5.74) is 1.54. The van der Waals surface area contributed by atoms with Gasteiger partial charge < -0.3 is 10.1 Å². The van der Waals surface area contributed by atoms with Crippen LogP contribution in [0, 0.1) is 11.6 Å². The third kappa shape index (κ3) is 3.23. The smallest absolute Gasteiger partial charge is 0.256 e. The maximum atomic E-state index is 15.0. The van der Waals surface area contributed by atoms with E-state index < -0.39 is 17.5 Å². The summed E-state index contributed by atoms with van der Waals surface area (Å²) in [5.74, 6) is -1.05. The van der Waals surface area contributed by atoms with Gasteiger partial charge in [0.15, 0.2) is 17.3 Å². The van der Waals surface area contributed by atoms with Crippen molar-refractivity contribution in [3.63, 3.8) is 0 Å². The number of hydrogen-bond donors (Lipinski definition) is 2. The lowest BCUT2D eigenvalue weighted by Crippen LogP contribution is -2.12. The maximum Gasteiger partial charge on any atom is 0.256 e. The second-order valence-corrected chi connectivity index (χ2v) is 6.71. The minimum Gasteiger partial charge on any atom is -0.497 e. The van der Waals surface area contributed by atoms with Crippen molar-refractivity contribution in [3.05, 3.63) is 72.1 Å². The van der Waals surface area contributed by atoms with Gasteiger partial charge in [0.2, 0.25) is 0 Å². The second-order valence-electron chi connectivity index (χ2n) is 6.71. The third-order valence-electron chi connectivity index (χ3n) is 4.81. The van der Waals surface area contributed by atoms with Crippen LogP contribution in [0.1, 0.15) is 10.4 Å². The number of pyridine rings is 2. The van der Waals surface area contributed by atoms with Gasteiger partial charge in [-0.05, 0) is 30.3 Å². The molecule has 0 atom stereocenters. The zero-order valence-corrected chi connectivity index (χ0v) is 16.1. The Morgan fingerprint density at radius 3 is 2.87 bits per heavy atom. The SMILES string of the molecule is COc1ccn2ncc(-c3nc4[nH]nc(NC(=O)c5cccc(F)c5)c4cc3F)c2c1. The molecule has 0 unspecified atom stereocenters. The number of nitrogens with one attached hydrogen (secondary N) is 2. The van der Waals surface area contributed by atoms with Crippen molar-refractivity contribution < 1.29 is 18.3 Å². The van der Waals surface area contributed by atoms with Crippen molar-refractivity contribution in [2.45, 2.75) is 0 Å². The third-order valence-corrected chi connectivity index (χ3v) is 4.81. The molecule has 8 nitrogen and oxygen atoms in total. The van der Waals surface area contributed by atoms with Gasteiger partial charge in [-0.25, -0.2) is 18.3 Å². The highest BCUT2D eigenvalue weighted by Crippen LogP contribution is 2.31. The van der Waals surface area contributed by atoms with E-state index in [1.807, 2.05) is 0 Å². The molecule has 2 N–H and O–H groups in total. The number of aromatic amines is 1. The fourth-order valence-electron chi connectivity index (χ4n) is 3.29. The number of methoxy groups -OCH3 is 1. The first-order chi connectivity index (χ1) is 15.0. The minimum atomic E-state index is -0.618. The van der Waals surface area contributed by atoms with Gasteiger partial charge >= 0.3 is 0 Å². The molecule has 0 bridgehead atoms. The number of ether oxygens (including phenoxy) is 1. The van der Waals surface area contributed by atoms with Crippen LogP contribution in [0.25, 0.3) is 27.8 Å². The van der Waals surface area contributed by atoms with E-state index in [9.17, 15) is 9.18 Å². The standard InChI is InChI=1S/C21H14F2N6O2/c1-31-13-5-6-29-17(8-13)15(10-24-29)18-16(23)9-14-19(25-18)27-28-20(14)26-21(30)11-3-2-4-12(22)7-11/h2-10H,1H3,(H2,25,26,27,28,30). The molecule has 0 aliphatic heterocycles. The van der Waals surface area contributed by atoms with E-state index in [2.05, 4.69) is 25.6 Å². The fraction of sp³-hybridized carbons (Fsp3) is 0.0476. The Balaban J connectivity index is 1.54. The molecule has 0 radical (unpaired) electrons. The molecule has 1 amide bonds. The summed E-state index contributed by atoms with van der Waals surface area (Å²) >= 11 is 0. The maximum absolute atomic E-state index is 15.0. The van der Waals surface area contributed by atoms with Crippen molar-refractivity contribution >= 4 is 28.3 Å². The Morgan fingerprint density at radius 2 is 2.06 bits per heavy atom. The average Bonchev–Trinajstić information content (AvgIpc) is 3.36. The summed E-state index contributed by atoms with van der Waals surface area (Å²) in [5, 5.41) is 13.7. The molecular weight excluding hydrogens is 406 g/mol. The highest BCUT2D eigenvalue weighted by molar-refractivity contribution is 6.07. The van der Waals surface area contributed by atoms with Gasteiger partial charge in [0.1, 0.15) is 17.3 Å². The van der Waals surface area contributed by atoms with Gasteiger partial charge in [-0.3, -0.25) is 9.89 Å². The van der Waals surface area contributed by atoms with Crippen LogP contribution < -0.4 is 10.1 Å². The van der Waals surface area contributed by atoms with Gasteiger partial charge in [0.25, 0.3) is 5.91 Å². The number of aromatic nitrogens is 5. The number of carbonyl (C=O) groups is 1. The summed E-state index contributed by atoms with van der Waals surface area (Å²) in [7, 11) is 1.54. The Morgan fingerprint density at radius 1 is 1.19 bits per heavy atom. The Kier molecular flexibility index (Phi) is 4.32. The number of anilines is 1. The van der Waals surface area contributed by atoms with E-state index in [1.165, 1.54) is 37.6 Å². The molecule has 0 saturated carbocycles. The van der Waals surface area contributed by atoms with E-state index in [0.29, 0.717) is 16.8 Å². The molecule has 4 aromatic heterocycles. The van der Waals surface area contributed by atoms with Crippen LogP contribution in [0.4, 0.5) is 14.6 Å². The monoisotopic (exact) mass is 420 g/mol. The Hall–Kier alpha value is -4.34. The van der Waals surface area contributed by atoms with E-state index in [-0.39, 0.29) is 28.1 Å². The van der Waals surface area contributed by atoms with Crippen molar-refractivity contribution in [3.8, 4) is 17.0 Å². The highest BCUT2D eigenvalue weighted by atomic mass is 19.1. The lowest BCUT2D eigenvalue weighted by molar-refractivity contribution is 0.102. The zero-order valence-electron chi connectivity index (χ0n) is 16.1. The van der Waals surface area contributed by atoms with Gasteiger partial charge in [0.05, 0.1) is 24.2 Å².